The second-order valence-electron chi connectivity index (χ2n) is 6.09. The number of carbonyl (C=O) groups is 1. The Kier molecular flexibility index (Phi) is 4.82. The molecule has 0 fully saturated rings. The average molecular weight is 392 g/mol. The molecule has 7 heteroatoms. The van der Waals surface area contributed by atoms with Crippen molar-refractivity contribution < 1.29 is 19.1 Å². The highest BCUT2D eigenvalue weighted by atomic mass is 32.1. The standard InChI is InChI=1S/C21H16N2O4S/c22-19-17(15-5-7-26-11-15)9-18(16-6-8-28-12-16)23-20(19)27-10-13-1-3-14(4-2-13)21(24)25/h1-9,11-12H,10,22H2,(H,24,25). The normalized spacial score (nSPS) is 10.7. The first-order valence-corrected chi connectivity index (χ1v) is 9.37. The van der Waals surface area contributed by atoms with Gasteiger partial charge in [0.05, 0.1) is 23.8 Å². The second-order valence-corrected chi connectivity index (χ2v) is 6.87. The van der Waals surface area contributed by atoms with Crippen LogP contribution in [0.4, 0.5) is 5.69 Å². The van der Waals surface area contributed by atoms with E-state index in [0.29, 0.717) is 11.6 Å². The van der Waals surface area contributed by atoms with Crippen LogP contribution >= 0.6 is 11.3 Å². The van der Waals surface area contributed by atoms with Crippen LogP contribution < -0.4 is 10.5 Å². The molecule has 3 N–H and O–H groups in total. The maximum atomic E-state index is 11.0. The zero-order chi connectivity index (χ0) is 19.5. The van der Waals surface area contributed by atoms with Gasteiger partial charge in [-0.15, -0.1) is 0 Å². The summed E-state index contributed by atoms with van der Waals surface area (Å²) in [5.41, 5.74) is 11.1. The molecule has 0 aliphatic rings. The first kappa shape index (κ1) is 17.8. The van der Waals surface area contributed by atoms with E-state index in [9.17, 15) is 4.79 Å². The highest BCUT2D eigenvalue weighted by Crippen LogP contribution is 2.36. The lowest BCUT2D eigenvalue weighted by molar-refractivity contribution is 0.0697. The Morgan fingerprint density at radius 1 is 1.18 bits per heavy atom. The highest BCUT2D eigenvalue weighted by molar-refractivity contribution is 7.08. The summed E-state index contributed by atoms with van der Waals surface area (Å²) >= 11 is 1.58. The molecule has 0 unspecified atom stereocenters. The van der Waals surface area contributed by atoms with Crippen LogP contribution in [0.2, 0.25) is 0 Å². The minimum absolute atomic E-state index is 0.217. The molecule has 6 nitrogen and oxygen atoms in total. The number of pyridine rings is 1. The van der Waals surface area contributed by atoms with Crippen molar-refractivity contribution in [2.75, 3.05) is 5.73 Å². The van der Waals surface area contributed by atoms with E-state index in [1.807, 2.05) is 29.0 Å². The van der Waals surface area contributed by atoms with Crippen LogP contribution in [0.15, 0.2) is 70.2 Å². The zero-order valence-corrected chi connectivity index (χ0v) is 15.5. The Balaban J connectivity index is 1.66. The lowest BCUT2D eigenvalue weighted by Gasteiger charge is -2.13. The predicted molar refractivity (Wildman–Crippen MR) is 107 cm³/mol. The number of nitrogen functional groups attached to an aromatic ring is 1. The summed E-state index contributed by atoms with van der Waals surface area (Å²) in [5, 5.41) is 13.0. The molecule has 3 aromatic heterocycles. The van der Waals surface area contributed by atoms with Gasteiger partial charge >= 0.3 is 5.97 Å². The van der Waals surface area contributed by atoms with E-state index < -0.39 is 5.97 Å². The maximum Gasteiger partial charge on any atom is 0.335 e. The molecular formula is C21H16N2O4S. The summed E-state index contributed by atoms with van der Waals surface area (Å²) in [7, 11) is 0. The van der Waals surface area contributed by atoms with Gasteiger partial charge in [-0.25, -0.2) is 9.78 Å². The molecule has 0 bridgehead atoms. The maximum absolute atomic E-state index is 11.0. The molecule has 3 heterocycles. The largest absolute Gasteiger partial charge is 0.478 e. The number of aromatic carboxylic acids is 1. The van der Waals surface area contributed by atoms with Gasteiger partial charge in [-0.2, -0.15) is 11.3 Å². The molecule has 4 aromatic rings. The number of aromatic nitrogens is 1. The summed E-state index contributed by atoms with van der Waals surface area (Å²) in [6.45, 7) is 0.217. The van der Waals surface area contributed by atoms with Gasteiger partial charge in [0, 0.05) is 22.1 Å². The minimum atomic E-state index is -0.966. The van der Waals surface area contributed by atoms with Crippen LogP contribution in [0.3, 0.4) is 0 Å². The topological polar surface area (TPSA) is 98.6 Å². The number of ether oxygens (including phenoxy) is 1. The average Bonchev–Trinajstić information content (AvgIpc) is 3.41. The van der Waals surface area contributed by atoms with E-state index in [1.54, 1.807) is 36.0 Å². The lowest BCUT2D eigenvalue weighted by atomic mass is 10.1. The van der Waals surface area contributed by atoms with Crippen molar-refractivity contribution in [1.29, 1.82) is 0 Å². The van der Waals surface area contributed by atoms with E-state index in [4.69, 9.17) is 20.0 Å². The van der Waals surface area contributed by atoms with E-state index in [0.717, 1.165) is 27.9 Å². The highest BCUT2D eigenvalue weighted by Gasteiger charge is 2.15. The molecule has 4 rings (SSSR count). The van der Waals surface area contributed by atoms with Crippen molar-refractivity contribution >= 4 is 23.0 Å². The van der Waals surface area contributed by atoms with Gasteiger partial charge in [-0.1, -0.05) is 12.1 Å². The molecule has 0 spiro atoms. The molecule has 1 aromatic carbocycles. The van der Waals surface area contributed by atoms with Crippen molar-refractivity contribution in [1.82, 2.24) is 4.98 Å². The van der Waals surface area contributed by atoms with Gasteiger partial charge in [0.2, 0.25) is 5.88 Å². The summed E-state index contributed by atoms with van der Waals surface area (Å²) in [4.78, 5) is 15.6. The van der Waals surface area contributed by atoms with Crippen LogP contribution in [-0.4, -0.2) is 16.1 Å². The number of hydrogen-bond donors (Lipinski definition) is 2. The third-order valence-corrected chi connectivity index (χ3v) is 4.93. The quantitative estimate of drug-likeness (QED) is 0.483. The van der Waals surface area contributed by atoms with Crippen molar-refractivity contribution in [3.63, 3.8) is 0 Å². The van der Waals surface area contributed by atoms with E-state index in [-0.39, 0.29) is 12.2 Å². The van der Waals surface area contributed by atoms with Gasteiger partial charge in [-0.3, -0.25) is 0 Å². The number of nitrogens with zero attached hydrogens (tertiary/aromatic N) is 1. The summed E-state index contributed by atoms with van der Waals surface area (Å²) in [5.74, 6) is -0.645. The summed E-state index contributed by atoms with van der Waals surface area (Å²) in [6, 6.07) is 12.2. The van der Waals surface area contributed by atoms with Gasteiger partial charge < -0.3 is 20.0 Å². The summed E-state index contributed by atoms with van der Waals surface area (Å²) < 4.78 is 11.1. The molecule has 0 saturated heterocycles. The van der Waals surface area contributed by atoms with Gasteiger partial charge in [-0.05, 0) is 41.3 Å². The molecule has 0 saturated carbocycles. The van der Waals surface area contributed by atoms with Crippen LogP contribution in [-0.2, 0) is 6.61 Å². The van der Waals surface area contributed by atoms with Crippen LogP contribution in [0.1, 0.15) is 15.9 Å². The molecule has 0 aliphatic heterocycles. The van der Waals surface area contributed by atoms with Crippen molar-refractivity contribution in [3.05, 3.63) is 76.9 Å². The minimum Gasteiger partial charge on any atom is -0.478 e. The fourth-order valence-electron chi connectivity index (χ4n) is 2.75. The van der Waals surface area contributed by atoms with Gasteiger partial charge in [0.1, 0.15) is 12.3 Å². The van der Waals surface area contributed by atoms with Crippen molar-refractivity contribution in [2.24, 2.45) is 0 Å². The third kappa shape index (κ3) is 3.60. The molecule has 0 amide bonds. The number of thiophene rings is 1. The third-order valence-electron chi connectivity index (χ3n) is 4.25. The Hall–Kier alpha value is -3.58. The van der Waals surface area contributed by atoms with Crippen LogP contribution in [0.25, 0.3) is 22.4 Å². The van der Waals surface area contributed by atoms with E-state index in [2.05, 4.69) is 4.98 Å². The van der Waals surface area contributed by atoms with Gasteiger partial charge in [0.15, 0.2) is 0 Å². The monoisotopic (exact) mass is 392 g/mol. The molecule has 140 valence electrons. The Morgan fingerprint density at radius 2 is 2.00 bits per heavy atom. The number of nitrogens with two attached hydrogens (primary N) is 1. The van der Waals surface area contributed by atoms with Crippen LogP contribution in [0, 0.1) is 0 Å². The first-order chi connectivity index (χ1) is 13.6. The lowest BCUT2D eigenvalue weighted by Crippen LogP contribution is -2.04. The Labute approximate surface area is 164 Å². The number of anilines is 1. The van der Waals surface area contributed by atoms with E-state index in [1.165, 1.54) is 12.1 Å². The number of carboxylic acids is 1. The zero-order valence-electron chi connectivity index (χ0n) is 14.7. The van der Waals surface area contributed by atoms with Gasteiger partial charge in [0.25, 0.3) is 0 Å². The van der Waals surface area contributed by atoms with Crippen molar-refractivity contribution in [3.8, 4) is 28.3 Å². The first-order valence-electron chi connectivity index (χ1n) is 8.42. The van der Waals surface area contributed by atoms with Crippen molar-refractivity contribution in [2.45, 2.75) is 6.61 Å². The predicted octanol–water partition coefficient (Wildman–Crippen LogP) is 4.93. The second kappa shape index (κ2) is 7.58. The number of hydrogen-bond acceptors (Lipinski definition) is 6. The summed E-state index contributed by atoms with van der Waals surface area (Å²) in [6.07, 6.45) is 3.21. The fraction of sp³-hybridized carbons (Fsp3) is 0.0476. The number of furan rings is 1. The molecule has 0 radical (unpaired) electrons. The SMILES string of the molecule is Nc1c(-c2ccoc2)cc(-c2ccsc2)nc1OCc1ccc(C(=O)O)cc1. The smallest absolute Gasteiger partial charge is 0.335 e. The molecule has 0 atom stereocenters. The molecule has 0 aliphatic carbocycles. The Morgan fingerprint density at radius 3 is 2.64 bits per heavy atom. The fourth-order valence-corrected chi connectivity index (χ4v) is 3.40. The number of carboxylic acid groups (broad SMARTS) is 1. The number of rotatable bonds is 6. The molecule has 28 heavy (non-hydrogen) atoms. The number of benzene rings is 1. The van der Waals surface area contributed by atoms with E-state index >= 15 is 0 Å². The van der Waals surface area contributed by atoms with Crippen LogP contribution in [0.5, 0.6) is 5.88 Å². The Bertz CT molecular complexity index is 1090. The molecular weight excluding hydrogens is 376 g/mol.